The Morgan fingerprint density at radius 2 is 2.12 bits per heavy atom. The zero-order valence-electron chi connectivity index (χ0n) is 15.3. The Morgan fingerprint density at radius 3 is 2.81 bits per heavy atom. The summed E-state index contributed by atoms with van der Waals surface area (Å²) in [7, 11) is 0. The van der Waals surface area contributed by atoms with Crippen LogP contribution in [0.5, 0.6) is 0 Å². The maximum Gasteiger partial charge on any atom is 0.252 e. The van der Waals surface area contributed by atoms with Crippen LogP contribution in [0.15, 0.2) is 41.4 Å². The van der Waals surface area contributed by atoms with E-state index in [1.807, 2.05) is 43.6 Å². The first-order chi connectivity index (χ1) is 12.7. The molecular formula is C19H25N5OS. The summed E-state index contributed by atoms with van der Waals surface area (Å²) in [5.74, 6) is 0.970. The second-order valence-corrected chi connectivity index (χ2v) is 7.20. The molecule has 3 heterocycles. The van der Waals surface area contributed by atoms with E-state index in [1.165, 1.54) is 11.3 Å². The van der Waals surface area contributed by atoms with Gasteiger partial charge in [-0.25, -0.2) is 9.97 Å². The van der Waals surface area contributed by atoms with Gasteiger partial charge >= 0.3 is 0 Å². The fourth-order valence-corrected chi connectivity index (χ4v) is 3.63. The minimum Gasteiger partial charge on any atom is -0.354 e. The quantitative estimate of drug-likeness (QED) is 0.791. The third kappa shape index (κ3) is 4.89. The van der Waals surface area contributed by atoms with Crippen LogP contribution in [0.25, 0.3) is 0 Å². The van der Waals surface area contributed by atoms with Crippen LogP contribution in [0, 0.1) is 0 Å². The minimum atomic E-state index is -0.0725. The summed E-state index contributed by atoms with van der Waals surface area (Å²) in [6, 6.07) is 6.02. The Bertz CT molecular complexity index is 750. The van der Waals surface area contributed by atoms with E-state index in [1.54, 1.807) is 0 Å². The van der Waals surface area contributed by atoms with Crippen molar-refractivity contribution in [1.82, 2.24) is 14.9 Å². The molecule has 0 aromatic carbocycles. The number of amides is 1. The highest BCUT2D eigenvalue weighted by Crippen LogP contribution is 2.19. The van der Waals surface area contributed by atoms with Gasteiger partial charge in [0, 0.05) is 49.9 Å². The van der Waals surface area contributed by atoms with Gasteiger partial charge in [-0.15, -0.1) is 11.3 Å². The maximum absolute atomic E-state index is 12.0. The first kappa shape index (κ1) is 18.5. The molecule has 1 fully saturated rings. The highest BCUT2D eigenvalue weighted by molar-refractivity contribution is 7.13. The lowest BCUT2D eigenvalue weighted by Crippen LogP contribution is -2.46. The van der Waals surface area contributed by atoms with Crippen LogP contribution in [-0.2, 0) is 11.3 Å². The van der Waals surface area contributed by atoms with Crippen molar-refractivity contribution >= 4 is 28.2 Å². The fourth-order valence-electron chi connectivity index (χ4n) is 2.94. The maximum atomic E-state index is 12.0. The summed E-state index contributed by atoms with van der Waals surface area (Å²) in [4.78, 5) is 25.7. The number of hydrogen-bond acceptors (Lipinski definition) is 6. The average Bonchev–Trinajstić information content (AvgIpc) is 3.10. The van der Waals surface area contributed by atoms with Gasteiger partial charge in [0.05, 0.1) is 5.69 Å². The standard InChI is InChI=1S/C19H25N5OS/c1-3-6-15(2)18(25)22-19-21-16(14-26-19)13-23-9-11-24(12-10-23)17-7-4-5-8-20-17/h4-8,14H,3,9-13H2,1-2H3,(H,21,22,25). The van der Waals surface area contributed by atoms with E-state index in [0.29, 0.717) is 5.13 Å². The number of nitrogens with zero attached hydrogens (tertiary/aromatic N) is 4. The molecule has 3 rings (SSSR count). The van der Waals surface area contributed by atoms with Gasteiger partial charge in [-0.3, -0.25) is 15.0 Å². The van der Waals surface area contributed by atoms with Crippen molar-refractivity contribution in [3.8, 4) is 0 Å². The third-order valence-electron chi connectivity index (χ3n) is 4.37. The molecule has 1 aliphatic heterocycles. The predicted octanol–water partition coefficient (Wildman–Crippen LogP) is 3.16. The van der Waals surface area contributed by atoms with Crippen molar-refractivity contribution in [2.24, 2.45) is 0 Å². The van der Waals surface area contributed by atoms with E-state index in [2.05, 4.69) is 31.2 Å². The number of thiazole rings is 1. The van der Waals surface area contributed by atoms with Crippen molar-refractivity contribution < 1.29 is 4.79 Å². The number of carbonyl (C=O) groups excluding carboxylic acids is 1. The molecular weight excluding hydrogens is 346 g/mol. The highest BCUT2D eigenvalue weighted by atomic mass is 32.1. The van der Waals surface area contributed by atoms with E-state index >= 15 is 0 Å². The van der Waals surface area contributed by atoms with Crippen LogP contribution < -0.4 is 10.2 Å². The zero-order valence-corrected chi connectivity index (χ0v) is 16.1. The van der Waals surface area contributed by atoms with E-state index in [0.717, 1.165) is 56.2 Å². The first-order valence-electron chi connectivity index (χ1n) is 8.96. The average molecular weight is 372 g/mol. The molecule has 7 heteroatoms. The molecule has 26 heavy (non-hydrogen) atoms. The molecule has 138 valence electrons. The number of pyridine rings is 1. The van der Waals surface area contributed by atoms with E-state index < -0.39 is 0 Å². The number of allylic oxidation sites excluding steroid dienone is 1. The summed E-state index contributed by atoms with van der Waals surface area (Å²) < 4.78 is 0. The molecule has 0 unspecified atom stereocenters. The monoisotopic (exact) mass is 371 g/mol. The molecule has 2 aromatic rings. The molecule has 0 saturated carbocycles. The predicted molar refractivity (Wildman–Crippen MR) is 107 cm³/mol. The van der Waals surface area contributed by atoms with Crippen LogP contribution in [0.4, 0.5) is 10.9 Å². The number of nitrogens with one attached hydrogen (secondary N) is 1. The Hall–Kier alpha value is -2.25. The van der Waals surface area contributed by atoms with Crippen LogP contribution >= 0.6 is 11.3 Å². The van der Waals surface area contributed by atoms with Gasteiger partial charge in [-0.05, 0) is 25.5 Å². The van der Waals surface area contributed by atoms with Gasteiger partial charge < -0.3 is 4.90 Å². The van der Waals surface area contributed by atoms with Gasteiger partial charge in [-0.2, -0.15) is 0 Å². The molecule has 0 bridgehead atoms. The van der Waals surface area contributed by atoms with Gasteiger partial charge in [0.25, 0.3) is 5.91 Å². The summed E-state index contributed by atoms with van der Waals surface area (Å²) in [6.07, 6.45) is 4.61. The molecule has 6 nitrogen and oxygen atoms in total. The normalized spacial score (nSPS) is 15.9. The van der Waals surface area contributed by atoms with E-state index in [9.17, 15) is 4.79 Å². The molecule has 0 atom stereocenters. The molecule has 1 amide bonds. The Morgan fingerprint density at radius 1 is 1.31 bits per heavy atom. The fraction of sp³-hybridized carbons (Fsp3) is 0.421. The highest BCUT2D eigenvalue weighted by Gasteiger charge is 2.19. The Balaban J connectivity index is 1.49. The van der Waals surface area contributed by atoms with Gasteiger partial charge in [-0.1, -0.05) is 19.1 Å². The van der Waals surface area contributed by atoms with E-state index in [4.69, 9.17) is 0 Å². The Labute approximate surface area is 158 Å². The lowest BCUT2D eigenvalue weighted by Gasteiger charge is -2.35. The molecule has 1 aliphatic rings. The first-order valence-corrected chi connectivity index (χ1v) is 9.84. The van der Waals surface area contributed by atoms with Crippen molar-refractivity contribution in [1.29, 1.82) is 0 Å². The molecule has 0 radical (unpaired) electrons. The lowest BCUT2D eigenvalue weighted by molar-refractivity contribution is -0.112. The zero-order chi connectivity index (χ0) is 18.4. The number of hydrogen-bond donors (Lipinski definition) is 1. The molecule has 2 aromatic heterocycles. The second-order valence-electron chi connectivity index (χ2n) is 6.34. The van der Waals surface area contributed by atoms with Crippen molar-refractivity contribution in [2.45, 2.75) is 26.8 Å². The van der Waals surface area contributed by atoms with Crippen molar-refractivity contribution in [3.05, 3.63) is 47.1 Å². The molecule has 0 spiro atoms. The summed E-state index contributed by atoms with van der Waals surface area (Å²) in [6.45, 7) is 8.55. The third-order valence-corrected chi connectivity index (χ3v) is 5.18. The van der Waals surface area contributed by atoms with Crippen molar-refractivity contribution in [3.63, 3.8) is 0 Å². The van der Waals surface area contributed by atoms with Crippen LogP contribution in [-0.4, -0.2) is 47.0 Å². The SMILES string of the molecule is CCC=C(C)C(=O)Nc1nc(CN2CCN(c3ccccn3)CC2)cs1. The molecule has 1 saturated heterocycles. The number of piperazine rings is 1. The van der Waals surface area contributed by atoms with Crippen molar-refractivity contribution in [2.75, 3.05) is 36.4 Å². The second kappa shape index (κ2) is 8.91. The van der Waals surface area contributed by atoms with Crippen LogP contribution in [0.3, 0.4) is 0 Å². The largest absolute Gasteiger partial charge is 0.354 e. The minimum absolute atomic E-state index is 0.0725. The number of carbonyl (C=O) groups is 1. The molecule has 0 aliphatic carbocycles. The summed E-state index contributed by atoms with van der Waals surface area (Å²) >= 11 is 1.48. The van der Waals surface area contributed by atoms with Crippen LogP contribution in [0.2, 0.25) is 0 Å². The lowest BCUT2D eigenvalue weighted by atomic mass is 10.2. The molecule has 1 N–H and O–H groups in total. The summed E-state index contributed by atoms with van der Waals surface area (Å²) in [5, 5.41) is 5.57. The van der Waals surface area contributed by atoms with Gasteiger partial charge in [0.2, 0.25) is 0 Å². The number of rotatable bonds is 6. The van der Waals surface area contributed by atoms with Gasteiger partial charge in [0.1, 0.15) is 5.82 Å². The number of aromatic nitrogens is 2. The smallest absolute Gasteiger partial charge is 0.252 e. The Kier molecular flexibility index (Phi) is 6.35. The van der Waals surface area contributed by atoms with Crippen LogP contribution in [0.1, 0.15) is 26.0 Å². The van der Waals surface area contributed by atoms with E-state index in [-0.39, 0.29) is 5.91 Å². The summed E-state index contributed by atoms with van der Waals surface area (Å²) in [5.41, 5.74) is 1.74. The topological polar surface area (TPSA) is 61.4 Å². The van der Waals surface area contributed by atoms with Gasteiger partial charge in [0.15, 0.2) is 5.13 Å². The number of anilines is 2.